The minimum absolute atomic E-state index is 0.0608. The molecule has 0 spiro atoms. The SMILES string of the molecule is CC(C)CN(C)C(=O)CNC12CCC(CC1)Cn1c2nc(C(=O)NCc2ccc(F)cc2)c(O)c1=O. The molecule has 0 saturated heterocycles. The maximum atomic E-state index is 13.2. The molecule has 0 atom stereocenters. The van der Waals surface area contributed by atoms with Crippen LogP contribution in [0.25, 0.3) is 0 Å². The van der Waals surface area contributed by atoms with Crippen molar-refractivity contribution < 1.29 is 19.1 Å². The van der Waals surface area contributed by atoms with Gasteiger partial charge >= 0.3 is 0 Å². The van der Waals surface area contributed by atoms with Crippen molar-refractivity contribution in [3.8, 4) is 5.75 Å². The highest BCUT2D eigenvalue weighted by atomic mass is 19.1. The van der Waals surface area contributed by atoms with E-state index >= 15 is 0 Å². The number of carbonyl (C=O) groups excluding carboxylic acids is 2. The van der Waals surface area contributed by atoms with Crippen molar-refractivity contribution in [3.05, 3.63) is 57.5 Å². The van der Waals surface area contributed by atoms with Gasteiger partial charge in [0.15, 0.2) is 5.69 Å². The van der Waals surface area contributed by atoms with Gasteiger partial charge in [-0.25, -0.2) is 9.37 Å². The van der Waals surface area contributed by atoms with Gasteiger partial charge < -0.3 is 15.3 Å². The predicted octanol–water partition coefficient (Wildman–Crippen LogP) is 2.12. The zero-order chi connectivity index (χ0) is 26.0. The molecule has 9 nitrogen and oxygen atoms in total. The van der Waals surface area contributed by atoms with E-state index in [-0.39, 0.29) is 36.4 Å². The highest BCUT2D eigenvalue weighted by Crippen LogP contribution is 2.42. The second-order valence-electron chi connectivity index (χ2n) is 10.4. The Balaban J connectivity index is 1.61. The van der Waals surface area contributed by atoms with Crippen LogP contribution in [0.5, 0.6) is 5.75 Å². The van der Waals surface area contributed by atoms with Crippen molar-refractivity contribution in [2.24, 2.45) is 11.8 Å². The molecule has 1 fully saturated rings. The van der Waals surface area contributed by atoms with Gasteiger partial charge in [-0.15, -0.1) is 0 Å². The molecular formula is C26H34FN5O4. The third-order valence-corrected chi connectivity index (χ3v) is 7.20. The van der Waals surface area contributed by atoms with Crippen LogP contribution in [0.2, 0.25) is 0 Å². The van der Waals surface area contributed by atoms with Crippen molar-refractivity contribution in [1.29, 1.82) is 0 Å². The Morgan fingerprint density at radius 1 is 1.25 bits per heavy atom. The van der Waals surface area contributed by atoms with Gasteiger partial charge in [0.05, 0.1) is 12.1 Å². The van der Waals surface area contributed by atoms with Crippen LogP contribution in [0, 0.1) is 17.7 Å². The summed E-state index contributed by atoms with van der Waals surface area (Å²) in [5.74, 6) is -0.850. The number of likely N-dealkylation sites (N-methyl/N-ethyl adjacent to an activating group) is 1. The molecule has 2 bridgehead atoms. The fourth-order valence-electron chi connectivity index (χ4n) is 5.23. The van der Waals surface area contributed by atoms with Gasteiger partial charge in [0.2, 0.25) is 11.7 Å². The number of benzene rings is 1. The zero-order valence-corrected chi connectivity index (χ0v) is 21.0. The summed E-state index contributed by atoms with van der Waals surface area (Å²) in [6, 6.07) is 5.66. The second kappa shape index (κ2) is 10.4. The molecule has 2 amide bonds. The first-order valence-electron chi connectivity index (χ1n) is 12.5. The summed E-state index contributed by atoms with van der Waals surface area (Å²) in [6.07, 6.45) is 3.04. The molecule has 1 saturated carbocycles. The van der Waals surface area contributed by atoms with Crippen molar-refractivity contribution in [3.63, 3.8) is 0 Å². The molecule has 0 unspecified atom stereocenters. The summed E-state index contributed by atoms with van der Waals surface area (Å²) >= 11 is 0. The van der Waals surface area contributed by atoms with Gasteiger partial charge in [0, 0.05) is 26.7 Å². The van der Waals surface area contributed by atoms with Crippen molar-refractivity contribution >= 4 is 11.8 Å². The summed E-state index contributed by atoms with van der Waals surface area (Å²) < 4.78 is 14.6. The van der Waals surface area contributed by atoms with Crippen LogP contribution in [0.15, 0.2) is 29.1 Å². The molecule has 1 aromatic carbocycles. The molecule has 3 N–H and O–H groups in total. The monoisotopic (exact) mass is 499 g/mol. The first-order chi connectivity index (χ1) is 17.1. The molecule has 2 aliphatic heterocycles. The lowest BCUT2D eigenvalue weighted by atomic mass is 9.77. The van der Waals surface area contributed by atoms with E-state index in [2.05, 4.69) is 15.6 Å². The molecule has 3 aliphatic rings. The van der Waals surface area contributed by atoms with Crippen LogP contribution in [0.1, 0.15) is 61.4 Å². The van der Waals surface area contributed by atoms with Crippen molar-refractivity contribution in [2.45, 2.75) is 58.2 Å². The van der Waals surface area contributed by atoms with Gasteiger partial charge in [0.25, 0.3) is 11.5 Å². The van der Waals surface area contributed by atoms with Crippen LogP contribution in [-0.4, -0.2) is 51.5 Å². The van der Waals surface area contributed by atoms with Crippen LogP contribution in [0.4, 0.5) is 4.39 Å². The minimum Gasteiger partial charge on any atom is -0.501 e. The Morgan fingerprint density at radius 2 is 1.92 bits per heavy atom. The third-order valence-electron chi connectivity index (χ3n) is 7.20. The molecular weight excluding hydrogens is 465 g/mol. The zero-order valence-electron chi connectivity index (χ0n) is 21.0. The lowest BCUT2D eigenvalue weighted by Crippen LogP contribution is -2.51. The molecule has 0 radical (unpaired) electrons. The molecule has 36 heavy (non-hydrogen) atoms. The maximum Gasteiger partial charge on any atom is 0.296 e. The Morgan fingerprint density at radius 3 is 2.56 bits per heavy atom. The van der Waals surface area contributed by atoms with E-state index in [4.69, 9.17) is 0 Å². The standard InChI is InChI=1S/C26H34FN5O4/c1-16(2)14-31(3)20(33)13-29-26-10-8-18(9-11-26)15-32-24(36)22(34)21(30-25(26)32)23(35)28-12-17-4-6-19(27)7-5-17/h4-7,16,18,29,34H,8-15H2,1-3H3,(H,28,35). The van der Waals surface area contributed by atoms with E-state index in [1.165, 1.54) is 16.7 Å². The molecule has 2 aromatic rings. The summed E-state index contributed by atoms with van der Waals surface area (Å²) in [4.78, 5) is 45.1. The second-order valence-corrected chi connectivity index (χ2v) is 10.4. The number of carbonyl (C=O) groups is 2. The van der Waals surface area contributed by atoms with Gasteiger partial charge in [-0.05, 0) is 55.2 Å². The Labute approximate surface area is 209 Å². The van der Waals surface area contributed by atoms with Gasteiger partial charge in [-0.3, -0.25) is 24.3 Å². The first kappa shape index (κ1) is 25.8. The number of nitrogens with one attached hydrogen (secondary N) is 2. The lowest BCUT2D eigenvalue weighted by molar-refractivity contribution is -0.129. The molecule has 5 rings (SSSR count). The Bertz CT molecular complexity index is 1190. The number of halogens is 1. The fourth-order valence-corrected chi connectivity index (χ4v) is 5.23. The average molecular weight is 500 g/mol. The van der Waals surface area contributed by atoms with Crippen molar-refractivity contribution in [2.75, 3.05) is 20.1 Å². The molecule has 3 heterocycles. The number of amides is 2. The predicted molar refractivity (Wildman–Crippen MR) is 132 cm³/mol. The first-order valence-corrected chi connectivity index (χ1v) is 12.5. The number of nitrogens with zero attached hydrogens (tertiary/aromatic N) is 3. The van der Waals surface area contributed by atoms with E-state index in [0.717, 1.165) is 12.8 Å². The Hall–Kier alpha value is -3.27. The fraction of sp³-hybridized carbons (Fsp3) is 0.538. The van der Waals surface area contributed by atoms with E-state index in [9.17, 15) is 23.9 Å². The lowest BCUT2D eigenvalue weighted by Gasteiger charge is -2.37. The maximum absolute atomic E-state index is 13.2. The van der Waals surface area contributed by atoms with E-state index < -0.39 is 22.8 Å². The number of hydrogen-bond donors (Lipinski definition) is 3. The number of aromatic hydroxyl groups is 1. The minimum atomic E-state index is -0.750. The van der Waals surface area contributed by atoms with Crippen LogP contribution < -0.4 is 16.2 Å². The summed E-state index contributed by atoms with van der Waals surface area (Å²) in [7, 11) is 1.77. The average Bonchev–Trinajstić information content (AvgIpc) is 3.10. The van der Waals surface area contributed by atoms with Crippen LogP contribution >= 0.6 is 0 Å². The Kier molecular flexibility index (Phi) is 7.44. The molecule has 1 aromatic heterocycles. The smallest absolute Gasteiger partial charge is 0.296 e. The third kappa shape index (κ3) is 5.28. The van der Waals surface area contributed by atoms with E-state index in [0.29, 0.717) is 43.2 Å². The summed E-state index contributed by atoms with van der Waals surface area (Å²) in [5, 5.41) is 16.7. The molecule has 194 valence electrons. The molecule has 1 aliphatic carbocycles. The highest BCUT2D eigenvalue weighted by Gasteiger charge is 2.45. The summed E-state index contributed by atoms with van der Waals surface area (Å²) in [6.45, 7) is 5.30. The normalized spacial score (nSPS) is 20.6. The highest BCUT2D eigenvalue weighted by molar-refractivity contribution is 5.94. The van der Waals surface area contributed by atoms with Gasteiger partial charge in [0.1, 0.15) is 11.6 Å². The number of hydrogen-bond acceptors (Lipinski definition) is 6. The summed E-state index contributed by atoms with van der Waals surface area (Å²) in [5.41, 5.74) is -1.09. The van der Waals surface area contributed by atoms with Crippen molar-refractivity contribution in [1.82, 2.24) is 25.1 Å². The van der Waals surface area contributed by atoms with Crippen LogP contribution in [0.3, 0.4) is 0 Å². The number of fused-ring (bicyclic) bond motifs is 2. The molecule has 10 heteroatoms. The van der Waals surface area contributed by atoms with Gasteiger partial charge in [-0.1, -0.05) is 26.0 Å². The number of rotatable bonds is 8. The largest absolute Gasteiger partial charge is 0.501 e. The van der Waals surface area contributed by atoms with Crippen LogP contribution in [-0.2, 0) is 23.4 Å². The van der Waals surface area contributed by atoms with E-state index in [1.54, 1.807) is 24.1 Å². The quantitative estimate of drug-likeness (QED) is 0.512. The van der Waals surface area contributed by atoms with Gasteiger partial charge in [-0.2, -0.15) is 0 Å². The topological polar surface area (TPSA) is 117 Å². The van der Waals surface area contributed by atoms with E-state index in [1.807, 2.05) is 13.8 Å². The number of aromatic nitrogens is 2.